The van der Waals surface area contributed by atoms with E-state index in [2.05, 4.69) is 4.98 Å². The van der Waals surface area contributed by atoms with Crippen molar-refractivity contribution in [1.29, 1.82) is 0 Å². The van der Waals surface area contributed by atoms with E-state index in [1.54, 1.807) is 13.8 Å². The summed E-state index contributed by atoms with van der Waals surface area (Å²) in [4.78, 5) is 41.7. The molecule has 26 heavy (non-hydrogen) atoms. The van der Waals surface area contributed by atoms with Crippen LogP contribution >= 0.6 is 11.3 Å². The summed E-state index contributed by atoms with van der Waals surface area (Å²) in [6.45, 7) is 5.54. The van der Waals surface area contributed by atoms with Crippen molar-refractivity contribution in [2.75, 3.05) is 20.3 Å². The predicted molar refractivity (Wildman–Crippen MR) is 96.6 cm³/mol. The third-order valence-electron chi connectivity index (χ3n) is 3.83. The van der Waals surface area contributed by atoms with E-state index in [4.69, 9.17) is 14.2 Å². The van der Waals surface area contributed by atoms with Gasteiger partial charge in [0.05, 0.1) is 24.4 Å². The molecule has 2 aromatic rings. The molecule has 0 radical (unpaired) electrons. The van der Waals surface area contributed by atoms with Gasteiger partial charge in [-0.15, -0.1) is 11.3 Å². The Labute approximate surface area is 154 Å². The molecule has 0 saturated heterocycles. The van der Waals surface area contributed by atoms with Gasteiger partial charge in [-0.25, -0.2) is 9.78 Å². The predicted octanol–water partition coefficient (Wildman–Crippen LogP) is 1.91. The van der Waals surface area contributed by atoms with Crippen molar-refractivity contribution in [1.82, 2.24) is 9.55 Å². The van der Waals surface area contributed by atoms with Crippen molar-refractivity contribution < 1.29 is 23.8 Å². The Kier molecular flexibility index (Phi) is 6.87. The van der Waals surface area contributed by atoms with Crippen LogP contribution in [0.5, 0.6) is 0 Å². The van der Waals surface area contributed by atoms with Gasteiger partial charge in [-0.3, -0.25) is 14.2 Å². The molecular formula is C17H22N2O6S. The zero-order valence-electron chi connectivity index (χ0n) is 15.2. The lowest BCUT2D eigenvalue weighted by atomic mass is 10.2. The van der Waals surface area contributed by atoms with Crippen LogP contribution < -0.4 is 5.56 Å². The number of carbonyl (C=O) groups excluding carboxylic acids is 2. The standard InChI is InChI=1S/C17H22N2O6S/c1-5-10(2)25-12(20)8-19-9-18-15-13(16(19)21)11(3)14(26-15)17(22)24-7-6-23-4/h9-10H,5-8H2,1-4H3. The van der Waals surface area contributed by atoms with Crippen molar-refractivity contribution in [3.8, 4) is 0 Å². The number of fused-ring (bicyclic) bond motifs is 1. The average molecular weight is 382 g/mol. The zero-order valence-corrected chi connectivity index (χ0v) is 16.1. The number of methoxy groups -OCH3 is 1. The van der Waals surface area contributed by atoms with Gasteiger partial charge in [0.1, 0.15) is 22.9 Å². The maximum absolute atomic E-state index is 12.7. The highest BCUT2D eigenvalue weighted by molar-refractivity contribution is 7.20. The molecule has 0 spiro atoms. The molecule has 2 aromatic heterocycles. The summed E-state index contributed by atoms with van der Waals surface area (Å²) in [5.74, 6) is -1.03. The Balaban J connectivity index is 2.28. The van der Waals surface area contributed by atoms with Gasteiger partial charge in [-0.1, -0.05) is 6.92 Å². The second-order valence-corrected chi connectivity index (χ2v) is 6.75. The third kappa shape index (κ3) is 4.47. The molecule has 0 amide bonds. The summed E-state index contributed by atoms with van der Waals surface area (Å²) in [7, 11) is 1.51. The summed E-state index contributed by atoms with van der Waals surface area (Å²) in [5.41, 5.74) is 0.107. The molecule has 0 fully saturated rings. The summed E-state index contributed by atoms with van der Waals surface area (Å²) >= 11 is 1.09. The molecular weight excluding hydrogens is 360 g/mol. The quantitative estimate of drug-likeness (QED) is 0.508. The molecule has 0 N–H and O–H groups in total. The number of carbonyl (C=O) groups is 2. The summed E-state index contributed by atoms with van der Waals surface area (Å²) in [6.07, 6.45) is 1.76. The molecule has 9 heteroatoms. The van der Waals surface area contributed by atoms with Gasteiger partial charge in [0, 0.05) is 7.11 Å². The first-order valence-corrected chi connectivity index (χ1v) is 9.04. The molecule has 0 aromatic carbocycles. The number of aromatic nitrogens is 2. The summed E-state index contributed by atoms with van der Waals surface area (Å²) in [6, 6.07) is 0. The summed E-state index contributed by atoms with van der Waals surface area (Å²) < 4.78 is 16.3. The van der Waals surface area contributed by atoms with Gasteiger partial charge in [0.2, 0.25) is 0 Å². The van der Waals surface area contributed by atoms with Crippen LogP contribution in [0.2, 0.25) is 0 Å². The van der Waals surface area contributed by atoms with E-state index in [0.717, 1.165) is 11.3 Å². The van der Waals surface area contributed by atoms with E-state index in [0.29, 0.717) is 33.7 Å². The topological polar surface area (TPSA) is 96.7 Å². The molecule has 2 rings (SSSR count). The Morgan fingerprint density at radius 3 is 2.73 bits per heavy atom. The third-order valence-corrected chi connectivity index (χ3v) is 5.01. The minimum atomic E-state index is -0.523. The summed E-state index contributed by atoms with van der Waals surface area (Å²) in [5, 5.41) is 0.313. The largest absolute Gasteiger partial charge is 0.461 e. The average Bonchev–Trinajstić information content (AvgIpc) is 2.95. The van der Waals surface area contributed by atoms with Crippen LogP contribution in [-0.4, -0.2) is 47.9 Å². The van der Waals surface area contributed by atoms with Crippen LogP contribution in [0.3, 0.4) is 0 Å². The smallest absolute Gasteiger partial charge is 0.348 e. The monoisotopic (exact) mass is 382 g/mol. The van der Waals surface area contributed by atoms with Crippen LogP contribution in [0.4, 0.5) is 0 Å². The Morgan fingerprint density at radius 2 is 2.08 bits per heavy atom. The van der Waals surface area contributed by atoms with Crippen molar-refractivity contribution in [2.24, 2.45) is 0 Å². The zero-order chi connectivity index (χ0) is 19.3. The Morgan fingerprint density at radius 1 is 1.35 bits per heavy atom. The van der Waals surface area contributed by atoms with Crippen molar-refractivity contribution in [3.63, 3.8) is 0 Å². The van der Waals surface area contributed by atoms with E-state index >= 15 is 0 Å². The van der Waals surface area contributed by atoms with Gasteiger partial charge in [0.25, 0.3) is 5.56 Å². The van der Waals surface area contributed by atoms with E-state index < -0.39 is 11.9 Å². The lowest BCUT2D eigenvalue weighted by molar-refractivity contribution is -0.149. The lowest BCUT2D eigenvalue weighted by Gasteiger charge is -2.11. The first-order valence-electron chi connectivity index (χ1n) is 8.23. The molecule has 0 bridgehead atoms. The molecule has 0 aliphatic heterocycles. The molecule has 0 aliphatic rings. The van der Waals surface area contributed by atoms with Gasteiger partial charge in [-0.05, 0) is 25.8 Å². The van der Waals surface area contributed by atoms with Crippen molar-refractivity contribution >= 4 is 33.5 Å². The van der Waals surface area contributed by atoms with Crippen molar-refractivity contribution in [2.45, 2.75) is 39.8 Å². The molecule has 142 valence electrons. The fourth-order valence-corrected chi connectivity index (χ4v) is 3.27. The van der Waals surface area contributed by atoms with E-state index in [1.807, 2.05) is 6.92 Å². The second kappa shape index (κ2) is 8.91. The second-order valence-electron chi connectivity index (χ2n) is 5.75. The highest BCUT2D eigenvalue weighted by Gasteiger charge is 2.21. The van der Waals surface area contributed by atoms with Crippen LogP contribution in [0.15, 0.2) is 11.1 Å². The minimum Gasteiger partial charge on any atom is -0.461 e. The van der Waals surface area contributed by atoms with Gasteiger partial charge >= 0.3 is 11.9 Å². The Hall–Kier alpha value is -2.26. The molecule has 0 saturated carbocycles. The molecule has 1 atom stereocenters. The minimum absolute atomic E-state index is 0.127. The Bertz CT molecular complexity index is 857. The fraction of sp³-hybridized carbons (Fsp3) is 0.529. The van der Waals surface area contributed by atoms with Gasteiger partial charge in [-0.2, -0.15) is 0 Å². The van der Waals surface area contributed by atoms with Gasteiger partial charge < -0.3 is 14.2 Å². The SMILES string of the molecule is CCC(C)OC(=O)Cn1cnc2sc(C(=O)OCCOC)c(C)c2c1=O. The van der Waals surface area contributed by atoms with E-state index in [-0.39, 0.29) is 24.8 Å². The first kappa shape index (κ1) is 20.1. The highest BCUT2D eigenvalue weighted by Crippen LogP contribution is 2.27. The molecule has 0 aliphatic carbocycles. The molecule has 2 heterocycles. The van der Waals surface area contributed by atoms with Crippen LogP contribution in [-0.2, 0) is 25.5 Å². The number of ether oxygens (including phenoxy) is 3. The first-order chi connectivity index (χ1) is 12.4. The van der Waals surface area contributed by atoms with Crippen LogP contribution in [0.25, 0.3) is 10.2 Å². The molecule has 8 nitrogen and oxygen atoms in total. The van der Waals surface area contributed by atoms with E-state index in [9.17, 15) is 14.4 Å². The van der Waals surface area contributed by atoms with E-state index in [1.165, 1.54) is 18.0 Å². The normalized spacial score (nSPS) is 12.2. The molecule has 1 unspecified atom stereocenters. The maximum atomic E-state index is 12.7. The maximum Gasteiger partial charge on any atom is 0.348 e. The number of hydrogen-bond donors (Lipinski definition) is 0. The number of nitrogens with zero attached hydrogens (tertiary/aromatic N) is 2. The van der Waals surface area contributed by atoms with Crippen molar-refractivity contribution in [3.05, 3.63) is 27.1 Å². The highest BCUT2D eigenvalue weighted by atomic mass is 32.1. The number of hydrogen-bond acceptors (Lipinski definition) is 8. The number of aryl methyl sites for hydroxylation is 1. The number of rotatable bonds is 8. The number of esters is 2. The fourth-order valence-electron chi connectivity index (χ4n) is 2.23. The van der Waals surface area contributed by atoms with Gasteiger partial charge in [0.15, 0.2) is 0 Å². The number of thiophene rings is 1. The van der Waals surface area contributed by atoms with Crippen LogP contribution in [0, 0.1) is 6.92 Å². The lowest BCUT2D eigenvalue weighted by Crippen LogP contribution is -2.27. The van der Waals surface area contributed by atoms with Crippen LogP contribution in [0.1, 0.15) is 35.5 Å².